The number of nitrogens with zero attached hydrogens (tertiary/aromatic N) is 3. The molecular formula is C17H14ClF3N4O4S. The predicted octanol–water partition coefficient (Wildman–Crippen LogP) is 2.93. The minimum absolute atomic E-state index is 0.0656. The van der Waals surface area contributed by atoms with E-state index in [1.807, 2.05) is 0 Å². The third-order valence-electron chi connectivity index (χ3n) is 4.24. The van der Waals surface area contributed by atoms with Crippen molar-refractivity contribution in [3.63, 3.8) is 0 Å². The fraction of sp³-hybridized carbons (Fsp3) is 0.235. The number of hydrogen-bond acceptors (Lipinski definition) is 5. The molecule has 2 N–H and O–H groups in total. The van der Waals surface area contributed by atoms with E-state index in [4.69, 9.17) is 16.7 Å². The molecule has 3 rings (SSSR count). The Morgan fingerprint density at radius 3 is 2.60 bits per heavy atom. The van der Waals surface area contributed by atoms with Gasteiger partial charge in [-0.2, -0.15) is 13.2 Å². The number of carbonyl (C=O) groups is 1. The van der Waals surface area contributed by atoms with Crippen molar-refractivity contribution >= 4 is 33.2 Å². The van der Waals surface area contributed by atoms with Gasteiger partial charge in [0, 0.05) is 19.2 Å². The van der Waals surface area contributed by atoms with Crippen LogP contribution in [0.5, 0.6) is 0 Å². The molecule has 2 heterocycles. The Hall–Kier alpha value is -2.70. The van der Waals surface area contributed by atoms with Gasteiger partial charge in [0.2, 0.25) is 10.0 Å². The van der Waals surface area contributed by atoms with Gasteiger partial charge in [-0.1, -0.05) is 17.7 Å². The summed E-state index contributed by atoms with van der Waals surface area (Å²) in [6.45, 7) is 1.32. The van der Waals surface area contributed by atoms with Crippen LogP contribution in [0.4, 0.5) is 13.2 Å². The molecule has 0 saturated carbocycles. The molecular weight excluding hydrogens is 449 g/mol. The van der Waals surface area contributed by atoms with Gasteiger partial charge in [0.25, 0.3) is 0 Å². The third-order valence-corrected chi connectivity index (χ3v) is 5.90. The number of nitrogens with one attached hydrogen (secondary N) is 1. The first kappa shape index (κ1) is 22.0. The number of halogens is 4. The number of sulfonamides is 1. The summed E-state index contributed by atoms with van der Waals surface area (Å²) in [4.78, 5) is 10.9. The molecule has 13 heteroatoms. The lowest BCUT2D eigenvalue weighted by Gasteiger charge is -2.10. The topological polar surface area (TPSA) is 114 Å². The maximum absolute atomic E-state index is 13.1. The summed E-state index contributed by atoms with van der Waals surface area (Å²) in [6, 6.07) is 4.38. The number of alkyl halides is 3. The van der Waals surface area contributed by atoms with Gasteiger partial charge in [-0.3, -0.25) is 4.40 Å². The zero-order valence-corrected chi connectivity index (χ0v) is 16.8. The van der Waals surface area contributed by atoms with Crippen molar-refractivity contribution in [1.29, 1.82) is 0 Å². The highest BCUT2D eigenvalue weighted by atomic mass is 35.5. The smallest absolute Gasteiger partial charge is 0.420 e. The highest BCUT2D eigenvalue weighted by molar-refractivity contribution is 7.89. The van der Waals surface area contributed by atoms with E-state index in [2.05, 4.69) is 14.9 Å². The molecule has 0 spiro atoms. The van der Waals surface area contributed by atoms with E-state index in [0.717, 1.165) is 16.5 Å². The Morgan fingerprint density at radius 1 is 1.27 bits per heavy atom. The Kier molecular flexibility index (Phi) is 5.76. The van der Waals surface area contributed by atoms with Crippen LogP contribution < -0.4 is 4.72 Å². The van der Waals surface area contributed by atoms with E-state index in [-0.39, 0.29) is 34.3 Å². The second-order valence-corrected chi connectivity index (χ2v) is 8.51. The Balaban J connectivity index is 1.82. The third kappa shape index (κ3) is 4.40. The first-order chi connectivity index (χ1) is 13.9. The quantitative estimate of drug-likeness (QED) is 0.582. The molecule has 0 aliphatic carbocycles. The molecule has 2 aromatic heterocycles. The molecule has 160 valence electrons. The van der Waals surface area contributed by atoms with Crippen molar-refractivity contribution in [2.24, 2.45) is 0 Å². The van der Waals surface area contributed by atoms with Gasteiger partial charge in [0.15, 0.2) is 5.65 Å². The minimum Gasteiger partial charge on any atom is -0.478 e. The number of carboxylic acids is 1. The Morgan fingerprint density at radius 2 is 1.97 bits per heavy atom. The molecule has 1 aromatic carbocycles. The molecule has 0 bridgehead atoms. The lowest BCUT2D eigenvalue weighted by molar-refractivity contribution is -0.136. The molecule has 0 unspecified atom stereocenters. The van der Waals surface area contributed by atoms with E-state index in [0.29, 0.717) is 5.56 Å². The van der Waals surface area contributed by atoms with Gasteiger partial charge < -0.3 is 5.11 Å². The van der Waals surface area contributed by atoms with Crippen molar-refractivity contribution in [3.8, 4) is 0 Å². The maximum atomic E-state index is 13.1. The molecule has 0 fully saturated rings. The van der Waals surface area contributed by atoms with Crippen LogP contribution in [0.2, 0.25) is 5.02 Å². The Bertz CT molecular complexity index is 1240. The van der Waals surface area contributed by atoms with Crippen LogP contribution in [0, 0.1) is 6.92 Å². The molecule has 30 heavy (non-hydrogen) atoms. The first-order valence-electron chi connectivity index (χ1n) is 8.34. The molecule has 0 aliphatic rings. The zero-order chi connectivity index (χ0) is 22.3. The number of aryl methyl sites for hydroxylation is 1. The van der Waals surface area contributed by atoms with Gasteiger partial charge in [0.05, 0.1) is 15.5 Å². The summed E-state index contributed by atoms with van der Waals surface area (Å²) in [6.07, 6.45) is -3.57. The lowest BCUT2D eigenvalue weighted by Crippen LogP contribution is -2.26. The zero-order valence-electron chi connectivity index (χ0n) is 15.2. The van der Waals surface area contributed by atoms with Gasteiger partial charge in [-0.15, -0.1) is 10.2 Å². The number of aromatic carboxylic acids is 1. The van der Waals surface area contributed by atoms with Crippen LogP contribution in [-0.2, 0) is 22.6 Å². The predicted molar refractivity (Wildman–Crippen MR) is 100 cm³/mol. The summed E-state index contributed by atoms with van der Waals surface area (Å²) in [7, 11) is -4.06. The molecule has 8 nitrogen and oxygen atoms in total. The van der Waals surface area contributed by atoms with Crippen LogP contribution in [0.1, 0.15) is 27.3 Å². The van der Waals surface area contributed by atoms with E-state index >= 15 is 0 Å². The fourth-order valence-electron chi connectivity index (χ4n) is 2.76. The van der Waals surface area contributed by atoms with E-state index in [1.165, 1.54) is 25.3 Å². The molecule has 3 aromatic rings. The highest BCUT2D eigenvalue weighted by Gasteiger charge is 2.35. The van der Waals surface area contributed by atoms with Crippen molar-refractivity contribution in [2.75, 3.05) is 6.54 Å². The number of rotatable bonds is 6. The number of pyridine rings is 1. The molecule has 0 atom stereocenters. The van der Waals surface area contributed by atoms with E-state index in [1.54, 1.807) is 0 Å². The van der Waals surface area contributed by atoms with Crippen molar-refractivity contribution < 1.29 is 31.5 Å². The number of hydrogen-bond donors (Lipinski definition) is 2. The Labute approximate surface area is 173 Å². The lowest BCUT2D eigenvalue weighted by atomic mass is 10.1. The molecule has 0 amide bonds. The second-order valence-electron chi connectivity index (χ2n) is 6.31. The summed E-state index contributed by atoms with van der Waals surface area (Å²) in [5.74, 6) is -1.20. The fourth-order valence-corrected chi connectivity index (χ4v) is 4.03. The molecule has 0 radical (unpaired) electrons. The van der Waals surface area contributed by atoms with Crippen LogP contribution >= 0.6 is 11.6 Å². The van der Waals surface area contributed by atoms with Crippen molar-refractivity contribution in [2.45, 2.75) is 24.4 Å². The van der Waals surface area contributed by atoms with Crippen LogP contribution in [-0.4, -0.2) is 40.6 Å². The van der Waals surface area contributed by atoms with Crippen LogP contribution in [0.25, 0.3) is 5.65 Å². The SMILES string of the molecule is Cc1ccc(S(=O)(=O)NCCc2nnc3c(C(F)(F)F)cc(Cl)cn23)cc1C(=O)O. The molecule has 0 saturated heterocycles. The van der Waals surface area contributed by atoms with Crippen LogP contribution in [0.3, 0.4) is 0 Å². The number of aromatic nitrogens is 3. The highest BCUT2D eigenvalue weighted by Crippen LogP contribution is 2.33. The average molecular weight is 463 g/mol. The van der Waals surface area contributed by atoms with Gasteiger partial charge >= 0.3 is 12.1 Å². The van der Waals surface area contributed by atoms with E-state index in [9.17, 15) is 26.4 Å². The monoisotopic (exact) mass is 462 g/mol. The maximum Gasteiger partial charge on any atom is 0.420 e. The minimum atomic E-state index is -4.69. The van der Waals surface area contributed by atoms with Crippen LogP contribution in [0.15, 0.2) is 35.4 Å². The van der Waals surface area contributed by atoms with Crippen molar-refractivity contribution in [3.05, 3.63) is 58.0 Å². The standard InChI is InChI=1S/C17H14ClF3N4O4S/c1-9-2-3-11(7-12(9)16(26)27)30(28,29)22-5-4-14-23-24-15-13(17(19,20)21)6-10(18)8-25(14)15/h2-3,6-8,22H,4-5H2,1H3,(H,26,27). The normalized spacial score (nSPS) is 12.4. The number of fused-ring (bicyclic) bond motifs is 1. The largest absolute Gasteiger partial charge is 0.478 e. The van der Waals surface area contributed by atoms with Gasteiger partial charge in [-0.25, -0.2) is 17.9 Å². The van der Waals surface area contributed by atoms with E-state index < -0.39 is 33.4 Å². The summed E-state index contributed by atoms with van der Waals surface area (Å²) >= 11 is 5.76. The summed E-state index contributed by atoms with van der Waals surface area (Å²) in [5.41, 5.74) is -1.27. The van der Waals surface area contributed by atoms with Gasteiger partial charge in [-0.05, 0) is 30.7 Å². The summed E-state index contributed by atoms with van der Waals surface area (Å²) in [5, 5.41) is 16.2. The average Bonchev–Trinajstić information content (AvgIpc) is 3.02. The second kappa shape index (κ2) is 7.85. The first-order valence-corrected chi connectivity index (χ1v) is 10.2. The molecule has 0 aliphatic heterocycles. The van der Waals surface area contributed by atoms with Gasteiger partial charge in [0.1, 0.15) is 11.4 Å². The number of benzene rings is 1. The number of carboxylic acid groups (broad SMARTS) is 1. The summed E-state index contributed by atoms with van der Waals surface area (Å²) < 4.78 is 67.6. The van der Waals surface area contributed by atoms with Crippen molar-refractivity contribution in [1.82, 2.24) is 19.3 Å².